The van der Waals surface area contributed by atoms with Gasteiger partial charge in [-0.3, -0.25) is 4.90 Å². The fraction of sp³-hybridized carbons (Fsp3) is 0.733. The van der Waals surface area contributed by atoms with Gasteiger partial charge in [0.05, 0.1) is 12.8 Å². The fourth-order valence-corrected chi connectivity index (χ4v) is 2.85. The Kier molecular flexibility index (Phi) is 4.84. The van der Waals surface area contributed by atoms with Gasteiger partial charge in [0.25, 0.3) is 0 Å². The first-order chi connectivity index (χ1) is 8.70. The molecule has 0 aromatic carbocycles. The maximum absolute atomic E-state index is 5.66. The number of nitrogens with zero attached hydrogens (tertiary/aromatic N) is 1. The molecule has 2 atom stereocenters. The first-order valence-electron chi connectivity index (χ1n) is 7.20. The monoisotopic (exact) mass is 250 g/mol. The van der Waals surface area contributed by atoms with E-state index in [9.17, 15) is 0 Å². The Morgan fingerprint density at radius 3 is 2.94 bits per heavy atom. The fourth-order valence-electron chi connectivity index (χ4n) is 2.85. The summed E-state index contributed by atoms with van der Waals surface area (Å²) in [5, 5.41) is 3.44. The van der Waals surface area contributed by atoms with Crippen LogP contribution in [0.5, 0.6) is 0 Å². The Balaban J connectivity index is 1.91. The number of hydrogen-bond acceptors (Lipinski definition) is 3. The van der Waals surface area contributed by atoms with Crippen LogP contribution < -0.4 is 5.32 Å². The van der Waals surface area contributed by atoms with Gasteiger partial charge < -0.3 is 9.73 Å². The Bertz CT molecular complexity index is 361. The van der Waals surface area contributed by atoms with Crippen molar-refractivity contribution in [3.63, 3.8) is 0 Å². The third-order valence-corrected chi connectivity index (χ3v) is 3.84. The Hall–Kier alpha value is -0.800. The number of furan rings is 1. The quantitative estimate of drug-likeness (QED) is 0.787. The van der Waals surface area contributed by atoms with Crippen LogP contribution in [0.2, 0.25) is 0 Å². The minimum Gasteiger partial charge on any atom is -0.468 e. The molecule has 1 saturated heterocycles. The van der Waals surface area contributed by atoms with Crippen molar-refractivity contribution in [3.8, 4) is 0 Å². The number of likely N-dealkylation sites (tertiary alicyclic amines) is 1. The van der Waals surface area contributed by atoms with Gasteiger partial charge in [-0.05, 0) is 38.3 Å². The van der Waals surface area contributed by atoms with Crippen molar-refractivity contribution in [2.45, 2.75) is 52.7 Å². The van der Waals surface area contributed by atoms with Gasteiger partial charge in [-0.1, -0.05) is 13.8 Å². The Morgan fingerprint density at radius 1 is 1.44 bits per heavy atom. The van der Waals surface area contributed by atoms with Crippen molar-refractivity contribution in [2.24, 2.45) is 5.92 Å². The van der Waals surface area contributed by atoms with Gasteiger partial charge in [-0.25, -0.2) is 0 Å². The molecule has 0 aliphatic carbocycles. The summed E-state index contributed by atoms with van der Waals surface area (Å²) in [6.07, 6.45) is 4.31. The van der Waals surface area contributed by atoms with Gasteiger partial charge in [0.15, 0.2) is 0 Å². The summed E-state index contributed by atoms with van der Waals surface area (Å²) >= 11 is 0. The molecule has 1 aliphatic heterocycles. The molecule has 1 aromatic rings. The van der Waals surface area contributed by atoms with Crippen LogP contribution >= 0.6 is 0 Å². The summed E-state index contributed by atoms with van der Waals surface area (Å²) in [5.41, 5.74) is 1.32. The lowest BCUT2D eigenvalue weighted by Gasteiger charge is -2.20. The van der Waals surface area contributed by atoms with Crippen molar-refractivity contribution in [2.75, 3.05) is 13.1 Å². The van der Waals surface area contributed by atoms with Crippen molar-refractivity contribution in [1.29, 1.82) is 0 Å². The number of hydrogen-bond donors (Lipinski definition) is 1. The van der Waals surface area contributed by atoms with Crippen molar-refractivity contribution < 1.29 is 4.42 Å². The molecular formula is C15H26N2O. The van der Waals surface area contributed by atoms with Crippen molar-refractivity contribution in [3.05, 3.63) is 23.7 Å². The highest BCUT2D eigenvalue weighted by atomic mass is 16.3. The Labute approximate surface area is 111 Å². The average Bonchev–Trinajstić information content (AvgIpc) is 2.88. The van der Waals surface area contributed by atoms with E-state index in [2.05, 4.69) is 37.1 Å². The standard InChI is InChI=1S/C15H26N2O/c1-4-6-16-9-14-5-7-18-15(14)11-17-10-12(2)8-13(17)3/h5,7,12-13,16H,4,6,8-11H2,1-3H3. The highest BCUT2D eigenvalue weighted by molar-refractivity contribution is 5.17. The maximum Gasteiger partial charge on any atom is 0.122 e. The molecule has 0 spiro atoms. The normalized spacial score (nSPS) is 24.8. The minimum absolute atomic E-state index is 0.682. The molecule has 0 bridgehead atoms. The van der Waals surface area contributed by atoms with Crippen LogP contribution in [0.15, 0.2) is 16.7 Å². The van der Waals surface area contributed by atoms with E-state index in [0.29, 0.717) is 6.04 Å². The summed E-state index contributed by atoms with van der Waals surface area (Å²) in [4.78, 5) is 2.53. The minimum atomic E-state index is 0.682. The predicted molar refractivity (Wildman–Crippen MR) is 74.4 cm³/mol. The molecule has 102 valence electrons. The van der Waals surface area contributed by atoms with Gasteiger partial charge in [-0.15, -0.1) is 0 Å². The molecule has 2 heterocycles. The van der Waals surface area contributed by atoms with Crippen LogP contribution in [-0.4, -0.2) is 24.0 Å². The summed E-state index contributed by atoms with van der Waals surface area (Å²) in [7, 11) is 0. The van der Waals surface area contributed by atoms with Gasteiger partial charge in [0.1, 0.15) is 5.76 Å². The molecule has 1 aromatic heterocycles. The second-order valence-corrected chi connectivity index (χ2v) is 5.67. The van der Waals surface area contributed by atoms with E-state index in [1.54, 1.807) is 0 Å². The van der Waals surface area contributed by atoms with E-state index in [4.69, 9.17) is 4.42 Å². The molecule has 0 amide bonds. The van der Waals surface area contributed by atoms with E-state index in [1.165, 1.54) is 24.9 Å². The predicted octanol–water partition coefficient (Wildman–Crippen LogP) is 3.01. The zero-order valence-corrected chi connectivity index (χ0v) is 11.9. The summed E-state index contributed by atoms with van der Waals surface area (Å²) in [6, 6.07) is 2.78. The lowest BCUT2D eigenvalue weighted by atomic mass is 10.1. The Morgan fingerprint density at radius 2 is 2.28 bits per heavy atom. The smallest absolute Gasteiger partial charge is 0.122 e. The molecular weight excluding hydrogens is 224 g/mol. The average molecular weight is 250 g/mol. The van der Waals surface area contributed by atoms with Crippen LogP contribution in [-0.2, 0) is 13.1 Å². The van der Waals surface area contributed by atoms with Gasteiger partial charge in [0, 0.05) is 24.7 Å². The van der Waals surface area contributed by atoms with Crippen molar-refractivity contribution >= 4 is 0 Å². The molecule has 0 saturated carbocycles. The van der Waals surface area contributed by atoms with Crippen LogP contribution in [0.1, 0.15) is 44.9 Å². The van der Waals surface area contributed by atoms with Crippen LogP contribution in [0, 0.1) is 5.92 Å². The second-order valence-electron chi connectivity index (χ2n) is 5.67. The molecule has 2 unspecified atom stereocenters. The molecule has 1 aliphatic rings. The highest BCUT2D eigenvalue weighted by Crippen LogP contribution is 2.25. The van der Waals surface area contributed by atoms with E-state index in [1.807, 2.05) is 6.26 Å². The van der Waals surface area contributed by atoms with Crippen molar-refractivity contribution in [1.82, 2.24) is 10.2 Å². The summed E-state index contributed by atoms with van der Waals surface area (Å²) in [6.45, 7) is 11.0. The molecule has 1 N–H and O–H groups in total. The highest BCUT2D eigenvalue weighted by Gasteiger charge is 2.27. The van der Waals surface area contributed by atoms with E-state index in [-0.39, 0.29) is 0 Å². The van der Waals surface area contributed by atoms with Crippen LogP contribution in [0.4, 0.5) is 0 Å². The summed E-state index contributed by atoms with van der Waals surface area (Å²) in [5.74, 6) is 1.95. The largest absolute Gasteiger partial charge is 0.468 e. The summed E-state index contributed by atoms with van der Waals surface area (Å²) < 4.78 is 5.66. The zero-order valence-electron chi connectivity index (χ0n) is 11.9. The topological polar surface area (TPSA) is 28.4 Å². The lowest BCUT2D eigenvalue weighted by Crippen LogP contribution is -2.27. The first-order valence-corrected chi connectivity index (χ1v) is 7.20. The molecule has 2 rings (SSSR count). The van der Waals surface area contributed by atoms with Gasteiger partial charge >= 0.3 is 0 Å². The molecule has 18 heavy (non-hydrogen) atoms. The molecule has 0 radical (unpaired) electrons. The third kappa shape index (κ3) is 3.36. The lowest BCUT2D eigenvalue weighted by molar-refractivity contribution is 0.234. The van der Waals surface area contributed by atoms with E-state index in [0.717, 1.165) is 31.3 Å². The van der Waals surface area contributed by atoms with E-state index >= 15 is 0 Å². The van der Waals surface area contributed by atoms with Crippen LogP contribution in [0.3, 0.4) is 0 Å². The third-order valence-electron chi connectivity index (χ3n) is 3.84. The molecule has 1 fully saturated rings. The van der Waals surface area contributed by atoms with E-state index < -0.39 is 0 Å². The van der Waals surface area contributed by atoms with Gasteiger partial charge in [0.2, 0.25) is 0 Å². The zero-order chi connectivity index (χ0) is 13.0. The molecule has 3 heteroatoms. The second kappa shape index (κ2) is 6.39. The molecule has 3 nitrogen and oxygen atoms in total. The van der Waals surface area contributed by atoms with Crippen LogP contribution in [0.25, 0.3) is 0 Å². The van der Waals surface area contributed by atoms with Gasteiger partial charge in [-0.2, -0.15) is 0 Å². The SMILES string of the molecule is CCCNCc1ccoc1CN1CC(C)CC1C. The maximum atomic E-state index is 5.66. The number of nitrogens with one attached hydrogen (secondary N) is 1. The number of rotatable bonds is 6. The first kappa shape index (κ1) is 13.6.